The Hall–Kier alpha value is -1.07. The molecule has 1 aromatic carbocycles. The van der Waals surface area contributed by atoms with E-state index in [9.17, 15) is 4.79 Å². The van der Waals surface area contributed by atoms with Crippen LogP contribution in [0.15, 0.2) is 30.3 Å². The lowest BCUT2D eigenvalue weighted by Gasteiger charge is -2.24. The van der Waals surface area contributed by atoms with Gasteiger partial charge >= 0.3 is 0 Å². The second kappa shape index (κ2) is 7.80. The van der Waals surface area contributed by atoms with Gasteiger partial charge in [0.2, 0.25) is 5.91 Å². The number of likely N-dealkylation sites (tertiary alicyclic amines) is 1. The molecule has 1 aliphatic heterocycles. The van der Waals surface area contributed by atoms with Gasteiger partial charge in [-0.3, -0.25) is 4.79 Å². The smallest absolute Gasteiger partial charge is 0.235 e. The number of amides is 1. The zero-order chi connectivity index (χ0) is 15.2. The molecule has 0 aromatic heterocycles. The van der Waals surface area contributed by atoms with Gasteiger partial charge in [-0.2, -0.15) is 0 Å². The van der Waals surface area contributed by atoms with Crippen LogP contribution in [0.1, 0.15) is 25.3 Å². The molecule has 1 amide bonds. The van der Waals surface area contributed by atoms with Crippen molar-refractivity contribution < 1.29 is 4.79 Å². The van der Waals surface area contributed by atoms with Gasteiger partial charge in [0.15, 0.2) is 0 Å². The molecule has 0 bridgehead atoms. The second-order valence-electron chi connectivity index (χ2n) is 5.40. The first-order valence-corrected chi connectivity index (χ1v) is 8.61. The highest BCUT2D eigenvalue weighted by atomic mass is 32.2. The van der Waals surface area contributed by atoms with E-state index in [0.29, 0.717) is 6.54 Å². The maximum atomic E-state index is 12.4. The molecular weight excluding hydrogens is 300 g/mol. The molecule has 1 atom stereocenters. The first kappa shape index (κ1) is 16.3. The van der Waals surface area contributed by atoms with Crippen LogP contribution in [-0.2, 0) is 11.3 Å². The van der Waals surface area contributed by atoms with Crippen LogP contribution in [0.25, 0.3) is 0 Å². The minimum atomic E-state index is -0.133. The van der Waals surface area contributed by atoms with E-state index in [1.807, 2.05) is 44.3 Å². The number of benzene rings is 1. The third kappa shape index (κ3) is 4.71. The molecule has 1 unspecified atom stereocenters. The summed E-state index contributed by atoms with van der Waals surface area (Å²) in [7, 11) is 1.85. The summed E-state index contributed by atoms with van der Waals surface area (Å²) in [5.74, 6) is 0.130. The van der Waals surface area contributed by atoms with E-state index in [4.69, 9.17) is 12.2 Å². The summed E-state index contributed by atoms with van der Waals surface area (Å²) >= 11 is 6.95. The van der Waals surface area contributed by atoms with Gasteiger partial charge in [0.05, 0.1) is 5.25 Å². The highest BCUT2D eigenvalue weighted by molar-refractivity contribution is 8.23. The maximum Gasteiger partial charge on any atom is 0.235 e. The molecule has 114 valence electrons. The summed E-state index contributed by atoms with van der Waals surface area (Å²) in [5, 5.41) is -0.133. The molecule has 1 aromatic rings. The Balaban J connectivity index is 1.84. The molecule has 3 nitrogen and oxygen atoms in total. The average molecular weight is 322 g/mol. The summed E-state index contributed by atoms with van der Waals surface area (Å²) in [4.78, 5) is 16.4. The molecule has 1 saturated heterocycles. The zero-order valence-corrected chi connectivity index (χ0v) is 14.3. The van der Waals surface area contributed by atoms with E-state index in [0.717, 1.165) is 23.0 Å². The van der Waals surface area contributed by atoms with Crippen LogP contribution >= 0.6 is 24.0 Å². The van der Waals surface area contributed by atoms with Crippen molar-refractivity contribution in [2.24, 2.45) is 0 Å². The number of carbonyl (C=O) groups excluding carboxylic acids is 1. The fourth-order valence-corrected chi connectivity index (χ4v) is 3.95. The first-order chi connectivity index (χ1) is 10.1. The van der Waals surface area contributed by atoms with Crippen molar-refractivity contribution in [3.05, 3.63) is 35.9 Å². The molecule has 0 saturated carbocycles. The lowest BCUT2D eigenvalue weighted by molar-refractivity contribution is -0.129. The fraction of sp³-hybridized carbons (Fsp3) is 0.500. The number of thioether (sulfide) groups is 1. The summed E-state index contributed by atoms with van der Waals surface area (Å²) in [6.45, 7) is 4.65. The van der Waals surface area contributed by atoms with Crippen molar-refractivity contribution in [2.45, 2.75) is 31.6 Å². The summed E-state index contributed by atoms with van der Waals surface area (Å²) < 4.78 is 0.862. The Kier molecular flexibility index (Phi) is 6.06. The number of rotatable bonds is 4. The maximum absolute atomic E-state index is 12.4. The third-order valence-electron chi connectivity index (χ3n) is 3.63. The van der Waals surface area contributed by atoms with Gasteiger partial charge in [0.1, 0.15) is 4.32 Å². The number of hydrogen-bond donors (Lipinski definition) is 0. The van der Waals surface area contributed by atoms with E-state index < -0.39 is 0 Å². The lowest BCUT2D eigenvalue weighted by atomic mass is 10.2. The standard InChI is InChI=1S/C16H22N2OS2/c1-13(21-16(20)18-10-6-7-11-18)15(19)17(2)12-14-8-4-3-5-9-14/h3-5,8-9,13H,6-7,10-12H2,1-2H3. The van der Waals surface area contributed by atoms with Crippen molar-refractivity contribution in [1.82, 2.24) is 9.80 Å². The fourth-order valence-electron chi connectivity index (χ4n) is 2.42. The van der Waals surface area contributed by atoms with E-state index in [1.165, 1.54) is 24.6 Å². The van der Waals surface area contributed by atoms with Gasteiger partial charge in [0, 0.05) is 26.7 Å². The molecule has 1 aliphatic rings. The SMILES string of the molecule is CC(SC(=S)N1CCCC1)C(=O)N(C)Cc1ccccc1. The van der Waals surface area contributed by atoms with Gasteiger partial charge in [0.25, 0.3) is 0 Å². The Bertz CT molecular complexity index is 486. The van der Waals surface area contributed by atoms with E-state index >= 15 is 0 Å². The van der Waals surface area contributed by atoms with Crippen LogP contribution in [0.2, 0.25) is 0 Å². The first-order valence-electron chi connectivity index (χ1n) is 7.32. The predicted octanol–water partition coefficient (Wildman–Crippen LogP) is 3.15. The van der Waals surface area contributed by atoms with Crippen molar-refractivity contribution in [3.63, 3.8) is 0 Å². The van der Waals surface area contributed by atoms with Gasteiger partial charge in [-0.25, -0.2) is 0 Å². The van der Waals surface area contributed by atoms with Crippen LogP contribution in [0.4, 0.5) is 0 Å². The quantitative estimate of drug-likeness (QED) is 0.795. The van der Waals surface area contributed by atoms with Crippen LogP contribution in [0.3, 0.4) is 0 Å². The summed E-state index contributed by atoms with van der Waals surface area (Å²) in [6.07, 6.45) is 2.41. The minimum Gasteiger partial charge on any atom is -0.358 e. The van der Waals surface area contributed by atoms with Crippen molar-refractivity contribution >= 4 is 34.2 Å². The molecule has 1 fully saturated rings. The summed E-state index contributed by atoms with van der Waals surface area (Å²) in [5.41, 5.74) is 1.15. The third-order valence-corrected chi connectivity index (χ3v) is 5.19. The highest BCUT2D eigenvalue weighted by Gasteiger charge is 2.23. The highest BCUT2D eigenvalue weighted by Crippen LogP contribution is 2.21. The van der Waals surface area contributed by atoms with Crippen LogP contribution < -0.4 is 0 Å². The van der Waals surface area contributed by atoms with Gasteiger partial charge < -0.3 is 9.80 Å². The molecule has 0 N–H and O–H groups in total. The molecule has 1 heterocycles. The zero-order valence-electron chi connectivity index (χ0n) is 12.6. The van der Waals surface area contributed by atoms with Crippen molar-refractivity contribution in [1.29, 1.82) is 0 Å². The minimum absolute atomic E-state index is 0.130. The molecular formula is C16H22N2OS2. The molecule has 0 spiro atoms. The Morgan fingerprint density at radius 3 is 2.57 bits per heavy atom. The van der Waals surface area contributed by atoms with Crippen LogP contribution in [0.5, 0.6) is 0 Å². The van der Waals surface area contributed by atoms with Gasteiger partial charge in [-0.1, -0.05) is 54.3 Å². The van der Waals surface area contributed by atoms with E-state index in [-0.39, 0.29) is 11.2 Å². The Morgan fingerprint density at radius 1 is 1.33 bits per heavy atom. The molecule has 0 radical (unpaired) electrons. The lowest BCUT2D eigenvalue weighted by Crippen LogP contribution is -2.35. The average Bonchev–Trinajstić information content (AvgIpc) is 3.01. The normalized spacial score (nSPS) is 15.8. The predicted molar refractivity (Wildman–Crippen MR) is 93.4 cm³/mol. The summed E-state index contributed by atoms with van der Waals surface area (Å²) in [6, 6.07) is 10.0. The largest absolute Gasteiger partial charge is 0.358 e. The number of carbonyl (C=O) groups is 1. The number of thiocarbonyl (C=S) groups is 1. The number of nitrogens with zero attached hydrogens (tertiary/aromatic N) is 2. The van der Waals surface area contributed by atoms with Gasteiger partial charge in [-0.05, 0) is 25.3 Å². The van der Waals surface area contributed by atoms with E-state index in [1.54, 1.807) is 4.90 Å². The van der Waals surface area contributed by atoms with Crippen LogP contribution in [0, 0.1) is 0 Å². The number of hydrogen-bond acceptors (Lipinski definition) is 3. The van der Waals surface area contributed by atoms with E-state index in [2.05, 4.69) is 4.90 Å². The van der Waals surface area contributed by atoms with Gasteiger partial charge in [-0.15, -0.1) is 0 Å². The molecule has 0 aliphatic carbocycles. The Labute approximate surface area is 136 Å². The van der Waals surface area contributed by atoms with Crippen molar-refractivity contribution in [2.75, 3.05) is 20.1 Å². The topological polar surface area (TPSA) is 23.6 Å². The molecule has 5 heteroatoms. The Morgan fingerprint density at radius 2 is 1.95 bits per heavy atom. The van der Waals surface area contributed by atoms with Crippen LogP contribution in [-0.4, -0.2) is 45.4 Å². The van der Waals surface area contributed by atoms with Crippen molar-refractivity contribution in [3.8, 4) is 0 Å². The molecule has 2 rings (SSSR count). The molecule has 21 heavy (non-hydrogen) atoms. The monoisotopic (exact) mass is 322 g/mol. The second-order valence-corrected chi connectivity index (χ2v) is 7.37.